The van der Waals surface area contributed by atoms with Gasteiger partial charge in [-0.3, -0.25) is 4.57 Å². The summed E-state index contributed by atoms with van der Waals surface area (Å²) in [5, 5.41) is 4.99. The summed E-state index contributed by atoms with van der Waals surface area (Å²) in [6.45, 7) is 1.93. The van der Waals surface area contributed by atoms with Crippen LogP contribution in [0.2, 0.25) is 0 Å². The molecular formula is C33H29O2P2+. The lowest BCUT2D eigenvalue weighted by atomic mass is 10.4. The maximum atomic E-state index is 14.7. The van der Waals surface area contributed by atoms with Crippen molar-refractivity contribution >= 4 is 41.2 Å². The van der Waals surface area contributed by atoms with Gasteiger partial charge in [-0.25, -0.2) is 0 Å². The van der Waals surface area contributed by atoms with Crippen molar-refractivity contribution in [2.75, 3.05) is 0 Å². The van der Waals surface area contributed by atoms with Crippen LogP contribution in [-0.4, -0.2) is 0 Å². The van der Waals surface area contributed by atoms with Gasteiger partial charge in [-0.05, 0) is 67.6 Å². The first kappa shape index (κ1) is 25.0. The van der Waals surface area contributed by atoms with Crippen molar-refractivity contribution in [1.29, 1.82) is 0 Å². The van der Waals surface area contributed by atoms with Gasteiger partial charge in [-0.2, -0.15) is 0 Å². The molecule has 0 aliphatic heterocycles. The number of allylic oxidation sites excluding steroid dienone is 1. The first-order valence-electron chi connectivity index (χ1n) is 12.3. The van der Waals surface area contributed by atoms with Crippen LogP contribution >= 0.6 is 14.6 Å². The second-order valence-corrected chi connectivity index (χ2v) is 14.4. The maximum Gasteiger partial charge on any atom is 0.306 e. The summed E-state index contributed by atoms with van der Waals surface area (Å²) in [7, 11) is -5.68. The molecule has 0 aromatic heterocycles. The highest BCUT2D eigenvalue weighted by Gasteiger charge is 2.45. The van der Waals surface area contributed by atoms with E-state index in [1.54, 1.807) is 0 Å². The van der Waals surface area contributed by atoms with E-state index in [1.807, 2.05) is 85.8 Å². The van der Waals surface area contributed by atoms with Gasteiger partial charge >= 0.3 is 7.37 Å². The molecule has 0 aliphatic carbocycles. The largest absolute Gasteiger partial charge is 0.438 e. The Hall–Kier alpha value is -3.70. The van der Waals surface area contributed by atoms with Gasteiger partial charge in [0.15, 0.2) is 0 Å². The zero-order valence-electron chi connectivity index (χ0n) is 20.7. The average molecular weight is 520 g/mol. The van der Waals surface area contributed by atoms with Crippen LogP contribution in [0.5, 0.6) is 0 Å². The summed E-state index contributed by atoms with van der Waals surface area (Å²) in [5.41, 5.74) is 0. The van der Waals surface area contributed by atoms with Crippen LogP contribution in [0.25, 0.3) is 0 Å². The van der Waals surface area contributed by atoms with Crippen molar-refractivity contribution in [3.8, 4) is 0 Å². The molecule has 2 nitrogen and oxygen atoms in total. The molecule has 5 aromatic rings. The maximum absolute atomic E-state index is 14.7. The van der Waals surface area contributed by atoms with Crippen LogP contribution in [0, 0.1) is 0 Å². The molecular weight excluding hydrogens is 490 g/mol. The van der Waals surface area contributed by atoms with E-state index < -0.39 is 14.6 Å². The van der Waals surface area contributed by atoms with Crippen LogP contribution in [0.1, 0.15) is 6.92 Å². The van der Waals surface area contributed by atoms with E-state index in [1.165, 1.54) is 15.9 Å². The summed E-state index contributed by atoms with van der Waals surface area (Å²) in [4.78, 5) is 0. The molecule has 0 aliphatic rings. The highest BCUT2D eigenvalue weighted by atomic mass is 31.2. The smallest absolute Gasteiger partial charge is 0.306 e. The van der Waals surface area contributed by atoms with E-state index in [-0.39, 0.29) is 0 Å². The van der Waals surface area contributed by atoms with Crippen molar-refractivity contribution in [3.05, 3.63) is 163 Å². The van der Waals surface area contributed by atoms with E-state index in [2.05, 4.69) is 78.6 Å². The lowest BCUT2D eigenvalue weighted by molar-refractivity contribution is 0.424. The Morgan fingerprint density at radius 1 is 0.541 bits per heavy atom. The SMILES string of the molecule is C/C(=C\[P+](c1ccccc1)(c1ccccc1)c1ccccc1)OP(=O)(c1ccccc1)c1ccccc1. The van der Waals surface area contributed by atoms with Crippen molar-refractivity contribution in [3.63, 3.8) is 0 Å². The van der Waals surface area contributed by atoms with Gasteiger partial charge < -0.3 is 4.52 Å². The zero-order chi connectivity index (χ0) is 25.6. The Kier molecular flexibility index (Phi) is 7.52. The third-order valence-electron chi connectivity index (χ3n) is 6.33. The topological polar surface area (TPSA) is 26.3 Å². The van der Waals surface area contributed by atoms with E-state index >= 15 is 0 Å². The number of hydrogen-bond donors (Lipinski definition) is 0. The number of rotatable bonds is 8. The van der Waals surface area contributed by atoms with Gasteiger partial charge in [-0.1, -0.05) is 91.0 Å². The average Bonchev–Trinajstić information content (AvgIpc) is 2.98. The third-order valence-corrected chi connectivity index (χ3v) is 12.9. The normalized spacial score (nSPS) is 12.2. The van der Waals surface area contributed by atoms with Gasteiger partial charge in [0.25, 0.3) is 0 Å². The highest BCUT2D eigenvalue weighted by Crippen LogP contribution is 2.59. The molecule has 0 heterocycles. The predicted molar refractivity (Wildman–Crippen MR) is 160 cm³/mol. The summed E-state index contributed by atoms with van der Waals surface area (Å²) in [5.74, 6) is 2.87. The molecule has 0 N–H and O–H groups in total. The number of benzene rings is 5. The van der Waals surface area contributed by atoms with Gasteiger partial charge in [0.1, 0.15) is 34.8 Å². The van der Waals surface area contributed by atoms with Crippen molar-refractivity contribution in [2.45, 2.75) is 6.92 Å². The predicted octanol–water partition coefficient (Wildman–Crippen LogP) is 6.79. The molecule has 182 valence electrons. The van der Waals surface area contributed by atoms with Gasteiger partial charge in [0.2, 0.25) is 0 Å². The van der Waals surface area contributed by atoms with Crippen molar-refractivity contribution in [2.24, 2.45) is 0 Å². The molecule has 37 heavy (non-hydrogen) atoms. The molecule has 0 saturated carbocycles. The second kappa shape index (κ2) is 11.1. The molecule has 0 bridgehead atoms. The van der Waals surface area contributed by atoms with Crippen molar-refractivity contribution < 1.29 is 9.09 Å². The Morgan fingerprint density at radius 2 is 0.838 bits per heavy atom. The fourth-order valence-corrected chi connectivity index (χ4v) is 10.7. The fourth-order valence-electron chi connectivity index (χ4n) is 4.66. The molecule has 5 aromatic carbocycles. The quantitative estimate of drug-likeness (QED) is 0.167. The van der Waals surface area contributed by atoms with Crippen LogP contribution < -0.4 is 26.5 Å². The molecule has 0 radical (unpaired) electrons. The van der Waals surface area contributed by atoms with Crippen LogP contribution in [0.4, 0.5) is 0 Å². The van der Waals surface area contributed by atoms with Crippen LogP contribution in [0.3, 0.4) is 0 Å². The first-order valence-corrected chi connectivity index (χ1v) is 15.8. The minimum atomic E-state index is -3.39. The van der Waals surface area contributed by atoms with E-state index in [0.29, 0.717) is 16.4 Å². The highest BCUT2D eigenvalue weighted by molar-refractivity contribution is 7.98. The van der Waals surface area contributed by atoms with Crippen LogP contribution in [0.15, 0.2) is 163 Å². The number of hydrogen-bond acceptors (Lipinski definition) is 2. The lowest BCUT2D eigenvalue weighted by Crippen LogP contribution is -2.30. The minimum Gasteiger partial charge on any atom is -0.438 e. The Morgan fingerprint density at radius 3 is 1.16 bits per heavy atom. The first-order chi connectivity index (χ1) is 18.1. The van der Waals surface area contributed by atoms with E-state index in [4.69, 9.17) is 4.52 Å². The van der Waals surface area contributed by atoms with Gasteiger partial charge in [-0.15, -0.1) is 0 Å². The molecule has 0 unspecified atom stereocenters. The van der Waals surface area contributed by atoms with Gasteiger partial charge in [0, 0.05) is 0 Å². The summed E-state index contributed by atoms with van der Waals surface area (Å²) >= 11 is 0. The standard InChI is InChI=1S/C33H29O2P2/c1-28(35-37(34,32-23-13-5-14-24-32)33-25-15-6-16-26-33)27-36(29-17-7-2-8-18-29,30-19-9-3-10-20-30)31-21-11-4-12-22-31/h2-27H,1H3/q+1/b28-27+. The zero-order valence-corrected chi connectivity index (χ0v) is 22.5. The Bertz CT molecular complexity index is 1360. The molecule has 4 heteroatoms. The van der Waals surface area contributed by atoms with E-state index in [0.717, 1.165) is 0 Å². The fraction of sp³-hybridized carbons (Fsp3) is 0.0303. The Labute approximate surface area is 220 Å². The van der Waals surface area contributed by atoms with Crippen LogP contribution in [-0.2, 0) is 9.09 Å². The summed E-state index contributed by atoms with van der Waals surface area (Å²) in [6, 6.07) is 50.7. The minimum absolute atomic E-state index is 0.640. The third kappa shape index (κ3) is 5.09. The molecule has 0 saturated heterocycles. The molecule has 0 atom stereocenters. The second-order valence-electron chi connectivity index (χ2n) is 8.78. The molecule has 0 spiro atoms. The molecule has 0 fully saturated rings. The summed E-state index contributed by atoms with van der Waals surface area (Å²) < 4.78 is 21.2. The molecule has 0 amide bonds. The lowest BCUT2D eigenvalue weighted by Gasteiger charge is -2.26. The Balaban J connectivity index is 1.72. The molecule has 5 rings (SSSR count). The van der Waals surface area contributed by atoms with Gasteiger partial charge in [0.05, 0.1) is 10.6 Å². The monoisotopic (exact) mass is 519 g/mol. The van der Waals surface area contributed by atoms with E-state index in [9.17, 15) is 4.57 Å². The van der Waals surface area contributed by atoms with Crippen molar-refractivity contribution in [1.82, 2.24) is 0 Å². The summed E-state index contributed by atoms with van der Waals surface area (Å²) in [6.07, 6.45) is 0.